The molecule has 0 saturated carbocycles. The first-order valence-electron chi connectivity index (χ1n) is 10.8. The Balaban J connectivity index is 1.23. The summed E-state index contributed by atoms with van der Waals surface area (Å²) in [5.41, 5.74) is 2.41. The number of aromatic nitrogens is 3. The zero-order valence-corrected chi connectivity index (χ0v) is 19.5. The number of fused-ring (bicyclic) bond motifs is 1. The maximum atomic E-state index is 12.8. The highest BCUT2D eigenvalue weighted by molar-refractivity contribution is 7.91. The van der Waals surface area contributed by atoms with E-state index in [1.54, 1.807) is 35.0 Å². The van der Waals surface area contributed by atoms with E-state index in [1.807, 2.05) is 34.9 Å². The van der Waals surface area contributed by atoms with Crippen LogP contribution < -0.4 is 5.32 Å². The van der Waals surface area contributed by atoms with Gasteiger partial charge in [0.1, 0.15) is 16.4 Å². The first-order chi connectivity index (χ1) is 16.0. The van der Waals surface area contributed by atoms with E-state index >= 15 is 0 Å². The summed E-state index contributed by atoms with van der Waals surface area (Å²) in [5, 5.41) is 2.83. The van der Waals surface area contributed by atoms with Gasteiger partial charge in [-0.2, -0.15) is 4.31 Å². The van der Waals surface area contributed by atoms with Crippen molar-refractivity contribution >= 4 is 44.0 Å². The summed E-state index contributed by atoms with van der Waals surface area (Å²) in [7, 11) is -3.48. The number of nitrogens with one attached hydrogen (secondary N) is 1. The SMILES string of the molecule is O=C(Cc1ccc(S(=O)(=O)N2CCCCC2)s1)Nc1ccc(-n2cnc3ccccc32)nc1. The molecule has 1 saturated heterocycles. The summed E-state index contributed by atoms with van der Waals surface area (Å²) in [6.45, 7) is 1.13. The Hall–Kier alpha value is -3.08. The third kappa shape index (κ3) is 4.54. The number of nitrogens with zero attached hydrogens (tertiary/aromatic N) is 4. The number of hydrogen-bond acceptors (Lipinski definition) is 6. The summed E-state index contributed by atoms with van der Waals surface area (Å²) in [4.78, 5) is 22.0. The lowest BCUT2D eigenvalue weighted by Crippen LogP contribution is -2.35. The molecule has 5 rings (SSSR count). The second kappa shape index (κ2) is 9.05. The van der Waals surface area contributed by atoms with Gasteiger partial charge in [0.25, 0.3) is 10.0 Å². The third-order valence-electron chi connectivity index (χ3n) is 5.61. The number of carbonyl (C=O) groups is 1. The summed E-state index contributed by atoms with van der Waals surface area (Å²) in [6, 6.07) is 14.7. The van der Waals surface area contributed by atoms with Crippen molar-refractivity contribution in [3.8, 4) is 5.82 Å². The van der Waals surface area contributed by atoms with Crippen molar-refractivity contribution in [1.29, 1.82) is 0 Å². The fraction of sp³-hybridized carbons (Fsp3) is 0.261. The van der Waals surface area contributed by atoms with Crippen molar-refractivity contribution in [3.63, 3.8) is 0 Å². The number of amides is 1. The first-order valence-corrected chi connectivity index (χ1v) is 13.0. The molecule has 1 aromatic carbocycles. The predicted molar refractivity (Wildman–Crippen MR) is 128 cm³/mol. The Kier molecular flexibility index (Phi) is 5.96. The standard InChI is InChI=1S/C23H23N5O3S2/c29-22(14-18-9-11-23(32-18)33(30,31)27-12-4-1-5-13-27)26-17-8-10-21(24-15-17)28-16-25-19-6-2-3-7-20(19)28/h2-3,6-11,15-16H,1,4-5,12-14H2,(H,26,29). The molecule has 3 aromatic heterocycles. The number of thiophene rings is 1. The van der Waals surface area contributed by atoms with Crippen LogP contribution in [0.4, 0.5) is 5.69 Å². The highest BCUT2D eigenvalue weighted by Gasteiger charge is 2.27. The molecule has 1 N–H and O–H groups in total. The average molecular weight is 482 g/mol. The van der Waals surface area contributed by atoms with E-state index in [0.29, 0.717) is 33.7 Å². The van der Waals surface area contributed by atoms with Crippen LogP contribution in [0.25, 0.3) is 16.9 Å². The van der Waals surface area contributed by atoms with Gasteiger partial charge in [0.15, 0.2) is 0 Å². The number of carbonyl (C=O) groups excluding carboxylic acids is 1. The van der Waals surface area contributed by atoms with Crippen LogP contribution in [0, 0.1) is 0 Å². The van der Waals surface area contributed by atoms with Crippen molar-refractivity contribution < 1.29 is 13.2 Å². The maximum Gasteiger partial charge on any atom is 0.252 e. The van der Waals surface area contributed by atoms with E-state index in [1.165, 1.54) is 0 Å². The minimum atomic E-state index is -3.48. The summed E-state index contributed by atoms with van der Waals surface area (Å²) < 4.78 is 29.3. The number of anilines is 1. The van der Waals surface area contributed by atoms with Gasteiger partial charge in [-0.3, -0.25) is 9.36 Å². The number of imidazole rings is 1. The fourth-order valence-corrected chi connectivity index (χ4v) is 6.96. The fourth-order valence-electron chi connectivity index (χ4n) is 3.93. The number of para-hydroxylation sites is 2. The van der Waals surface area contributed by atoms with E-state index in [-0.39, 0.29) is 12.3 Å². The van der Waals surface area contributed by atoms with Crippen LogP contribution in [0.15, 0.2) is 65.3 Å². The molecular weight excluding hydrogens is 458 g/mol. The molecule has 8 nitrogen and oxygen atoms in total. The lowest BCUT2D eigenvalue weighted by molar-refractivity contribution is -0.115. The van der Waals surface area contributed by atoms with Gasteiger partial charge >= 0.3 is 0 Å². The molecule has 33 heavy (non-hydrogen) atoms. The molecule has 4 heterocycles. The highest BCUT2D eigenvalue weighted by atomic mass is 32.2. The number of pyridine rings is 1. The van der Waals surface area contributed by atoms with Crippen molar-refractivity contribution in [2.24, 2.45) is 0 Å². The zero-order chi connectivity index (χ0) is 22.8. The summed E-state index contributed by atoms with van der Waals surface area (Å²) in [5.74, 6) is 0.480. The molecule has 4 aromatic rings. The lowest BCUT2D eigenvalue weighted by Gasteiger charge is -2.25. The minimum absolute atomic E-state index is 0.105. The average Bonchev–Trinajstić information content (AvgIpc) is 3.48. The monoisotopic (exact) mass is 481 g/mol. The molecule has 10 heteroatoms. The molecule has 170 valence electrons. The van der Waals surface area contributed by atoms with Crippen LogP contribution in [0.1, 0.15) is 24.1 Å². The molecule has 1 aliphatic heterocycles. The molecule has 0 unspecified atom stereocenters. The number of hydrogen-bond donors (Lipinski definition) is 1. The van der Waals surface area contributed by atoms with E-state index in [2.05, 4.69) is 15.3 Å². The van der Waals surface area contributed by atoms with Crippen LogP contribution in [-0.4, -0.2) is 46.3 Å². The van der Waals surface area contributed by atoms with Crippen molar-refractivity contribution in [2.75, 3.05) is 18.4 Å². The summed E-state index contributed by atoms with van der Waals surface area (Å²) in [6.07, 6.45) is 6.28. The molecule has 1 amide bonds. The van der Waals surface area contributed by atoms with Gasteiger partial charge in [0.2, 0.25) is 5.91 Å². The van der Waals surface area contributed by atoms with Crippen LogP contribution in [0.3, 0.4) is 0 Å². The second-order valence-electron chi connectivity index (χ2n) is 7.92. The Bertz CT molecular complexity index is 1390. The van der Waals surface area contributed by atoms with Crippen LogP contribution in [0.2, 0.25) is 0 Å². The number of rotatable bonds is 6. The highest BCUT2D eigenvalue weighted by Crippen LogP contribution is 2.27. The minimum Gasteiger partial charge on any atom is -0.324 e. The van der Waals surface area contributed by atoms with E-state index in [0.717, 1.165) is 41.6 Å². The largest absolute Gasteiger partial charge is 0.324 e. The molecule has 0 bridgehead atoms. The van der Waals surface area contributed by atoms with Crippen molar-refractivity contribution in [3.05, 3.63) is 65.9 Å². The maximum absolute atomic E-state index is 12.8. The number of piperidine rings is 1. The third-order valence-corrected chi connectivity index (χ3v) is 9.06. The normalized spacial score (nSPS) is 15.0. The molecular formula is C23H23N5O3S2. The molecule has 0 aliphatic carbocycles. The summed E-state index contributed by atoms with van der Waals surface area (Å²) >= 11 is 1.16. The van der Waals surface area contributed by atoms with Gasteiger partial charge in [-0.25, -0.2) is 18.4 Å². The molecule has 1 aliphatic rings. The van der Waals surface area contributed by atoms with Crippen molar-refractivity contribution in [2.45, 2.75) is 29.9 Å². The van der Waals surface area contributed by atoms with Crippen molar-refractivity contribution in [1.82, 2.24) is 18.8 Å². The molecule has 0 atom stereocenters. The Morgan fingerprint density at radius 1 is 1.00 bits per heavy atom. The number of benzene rings is 1. The van der Waals surface area contributed by atoms with Crippen LogP contribution >= 0.6 is 11.3 Å². The van der Waals surface area contributed by atoms with Gasteiger partial charge in [0, 0.05) is 18.0 Å². The molecule has 1 fully saturated rings. The van der Waals surface area contributed by atoms with Gasteiger partial charge in [-0.05, 0) is 49.2 Å². The second-order valence-corrected chi connectivity index (χ2v) is 11.3. The topological polar surface area (TPSA) is 97.2 Å². The Morgan fingerprint density at radius 2 is 1.82 bits per heavy atom. The quantitative estimate of drug-likeness (QED) is 0.451. The van der Waals surface area contributed by atoms with Crippen LogP contribution in [-0.2, 0) is 21.2 Å². The van der Waals surface area contributed by atoms with Crippen LogP contribution in [0.5, 0.6) is 0 Å². The zero-order valence-electron chi connectivity index (χ0n) is 17.8. The predicted octanol–water partition coefficient (Wildman–Crippen LogP) is 3.84. The van der Waals surface area contributed by atoms with Gasteiger partial charge < -0.3 is 5.32 Å². The molecule has 0 radical (unpaired) electrons. The molecule has 0 spiro atoms. The van der Waals surface area contributed by atoms with E-state index in [4.69, 9.17) is 0 Å². The van der Waals surface area contributed by atoms with Gasteiger partial charge in [-0.1, -0.05) is 18.6 Å². The van der Waals surface area contributed by atoms with E-state index in [9.17, 15) is 13.2 Å². The Morgan fingerprint density at radius 3 is 2.61 bits per heavy atom. The number of sulfonamides is 1. The lowest BCUT2D eigenvalue weighted by atomic mass is 10.2. The van der Waals surface area contributed by atoms with E-state index < -0.39 is 10.0 Å². The Labute approximate surface area is 196 Å². The smallest absolute Gasteiger partial charge is 0.252 e. The van der Waals surface area contributed by atoms with Gasteiger partial charge in [-0.15, -0.1) is 11.3 Å². The van der Waals surface area contributed by atoms with Gasteiger partial charge in [0.05, 0.1) is 29.3 Å². The first kappa shape index (κ1) is 21.7.